The van der Waals surface area contributed by atoms with Crippen LogP contribution in [0.2, 0.25) is 0 Å². The van der Waals surface area contributed by atoms with E-state index in [4.69, 9.17) is 4.74 Å². The number of ether oxygens (including phenoxy) is 1. The lowest BCUT2D eigenvalue weighted by Gasteiger charge is -2.37. The van der Waals surface area contributed by atoms with E-state index in [0.717, 1.165) is 12.8 Å². The molecule has 0 amide bonds. The van der Waals surface area contributed by atoms with Crippen LogP contribution in [0.3, 0.4) is 0 Å². The van der Waals surface area contributed by atoms with Crippen molar-refractivity contribution in [1.82, 2.24) is 5.32 Å². The molecule has 0 radical (unpaired) electrons. The molecular weight excluding hydrogens is 262 g/mol. The van der Waals surface area contributed by atoms with Crippen LogP contribution in [0.5, 0.6) is 0 Å². The summed E-state index contributed by atoms with van der Waals surface area (Å²) in [6.07, 6.45) is 6.58. The highest BCUT2D eigenvalue weighted by Gasteiger charge is 2.32. The minimum Gasteiger partial charge on any atom is -0.388 e. The highest BCUT2D eigenvalue weighted by Crippen LogP contribution is 2.33. The number of hydrogen-bond donors (Lipinski definition) is 2. The van der Waals surface area contributed by atoms with Gasteiger partial charge in [-0.3, -0.25) is 0 Å². The van der Waals surface area contributed by atoms with E-state index >= 15 is 0 Å². The Hall–Kier alpha value is -0.900. The molecule has 3 rings (SSSR count). The Bertz CT molecular complexity index is 428. The van der Waals surface area contributed by atoms with Gasteiger partial charge in [0, 0.05) is 38.6 Å². The fraction of sp³-hybridized carbons (Fsp3) is 0.667. The van der Waals surface area contributed by atoms with Crippen molar-refractivity contribution >= 4 is 0 Å². The van der Waals surface area contributed by atoms with E-state index < -0.39 is 5.60 Å². The first-order chi connectivity index (χ1) is 10.3. The third-order valence-corrected chi connectivity index (χ3v) is 5.11. The molecule has 1 aromatic carbocycles. The Morgan fingerprint density at radius 3 is 2.57 bits per heavy atom. The maximum Gasteiger partial charge on any atom is 0.0815 e. The van der Waals surface area contributed by atoms with Crippen LogP contribution < -0.4 is 5.32 Å². The molecule has 1 aromatic rings. The molecule has 2 N–H and O–H groups in total. The second-order valence-corrected chi connectivity index (χ2v) is 6.63. The summed E-state index contributed by atoms with van der Waals surface area (Å²) in [4.78, 5) is 0. The maximum atomic E-state index is 10.6. The van der Waals surface area contributed by atoms with Crippen molar-refractivity contribution in [1.29, 1.82) is 0 Å². The smallest absolute Gasteiger partial charge is 0.0815 e. The summed E-state index contributed by atoms with van der Waals surface area (Å²) in [5.41, 5.74) is 0.866. The highest BCUT2D eigenvalue weighted by molar-refractivity contribution is 5.22. The molecule has 2 aliphatic rings. The second-order valence-electron chi connectivity index (χ2n) is 6.63. The van der Waals surface area contributed by atoms with Crippen molar-refractivity contribution in [2.45, 2.75) is 56.1 Å². The molecule has 21 heavy (non-hydrogen) atoms. The van der Waals surface area contributed by atoms with Gasteiger partial charge in [-0.2, -0.15) is 0 Å². The van der Waals surface area contributed by atoms with Crippen molar-refractivity contribution < 1.29 is 9.84 Å². The molecule has 1 saturated heterocycles. The van der Waals surface area contributed by atoms with Crippen molar-refractivity contribution in [2.75, 3.05) is 19.8 Å². The van der Waals surface area contributed by atoms with Crippen LogP contribution in [0.15, 0.2) is 30.3 Å². The Balaban J connectivity index is 1.62. The summed E-state index contributed by atoms with van der Waals surface area (Å²) in [6.45, 7) is 2.07. The van der Waals surface area contributed by atoms with Crippen LogP contribution >= 0.6 is 0 Å². The molecule has 2 fully saturated rings. The van der Waals surface area contributed by atoms with Gasteiger partial charge in [-0.15, -0.1) is 0 Å². The van der Waals surface area contributed by atoms with Gasteiger partial charge in [0.1, 0.15) is 0 Å². The van der Waals surface area contributed by atoms with Gasteiger partial charge in [-0.25, -0.2) is 0 Å². The topological polar surface area (TPSA) is 41.5 Å². The number of aliphatic hydroxyl groups is 1. The normalized spacial score (nSPS) is 29.2. The molecule has 1 aliphatic carbocycles. The zero-order valence-corrected chi connectivity index (χ0v) is 12.8. The largest absolute Gasteiger partial charge is 0.388 e. The monoisotopic (exact) mass is 289 g/mol. The zero-order chi connectivity index (χ0) is 14.5. The maximum absolute atomic E-state index is 10.6. The molecule has 0 bridgehead atoms. The van der Waals surface area contributed by atoms with Crippen molar-refractivity contribution in [2.24, 2.45) is 0 Å². The first-order valence-electron chi connectivity index (χ1n) is 8.35. The van der Waals surface area contributed by atoms with E-state index in [2.05, 4.69) is 35.6 Å². The third kappa shape index (κ3) is 3.85. The lowest BCUT2D eigenvalue weighted by Crippen LogP contribution is -2.49. The van der Waals surface area contributed by atoms with Gasteiger partial charge in [-0.05, 0) is 24.3 Å². The van der Waals surface area contributed by atoms with Gasteiger partial charge >= 0.3 is 0 Å². The van der Waals surface area contributed by atoms with Gasteiger partial charge in [0.25, 0.3) is 0 Å². The van der Waals surface area contributed by atoms with E-state index in [0.29, 0.717) is 31.7 Å². The molecule has 3 nitrogen and oxygen atoms in total. The first kappa shape index (κ1) is 15.0. The van der Waals surface area contributed by atoms with Gasteiger partial charge in [0.05, 0.1) is 5.60 Å². The first-order valence-corrected chi connectivity index (χ1v) is 8.35. The summed E-state index contributed by atoms with van der Waals surface area (Å²) in [6, 6.07) is 11.3. The summed E-state index contributed by atoms with van der Waals surface area (Å²) in [5.74, 6) is 0.586. The minimum atomic E-state index is -0.572. The fourth-order valence-corrected chi connectivity index (χ4v) is 3.72. The van der Waals surface area contributed by atoms with E-state index in [1.165, 1.54) is 31.2 Å². The highest BCUT2D eigenvalue weighted by atomic mass is 16.5. The lowest BCUT2D eigenvalue weighted by atomic mass is 9.79. The summed E-state index contributed by atoms with van der Waals surface area (Å²) in [7, 11) is 0. The molecule has 116 valence electrons. The molecule has 0 unspecified atom stereocenters. The molecule has 1 heterocycles. The van der Waals surface area contributed by atoms with Gasteiger partial charge in [0.2, 0.25) is 0 Å². The quantitative estimate of drug-likeness (QED) is 0.895. The van der Waals surface area contributed by atoms with Crippen LogP contribution in [0.4, 0.5) is 0 Å². The fourth-order valence-electron chi connectivity index (χ4n) is 3.72. The summed E-state index contributed by atoms with van der Waals surface area (Å²) in [5, 5.41) is 14.3. The van der Waals surface area contributed by atoms with Crippen molar-refractivity contribution in [3.63, 3.8) is 0 Å². The average Bonchev–Trinajstić information content (AvgIpc) is 2.55. The predicted octanol–water partition coefficient (Wildman–Crippen LogP) is 2.84. The van der Waals surface area contributed by atoms with E-state index in [1.54, 1.807) is 0 Å². The van der Waals surface area contributed by atoms with E-state index in [1.807, 2.05) is 0 Å². The van der Waals surface area contributed by atoms with Crippen LogP contribution in [0.25, 0.3) is 0 Å². The Morgan fingerprint density at radius 2 is 1.81 bits per heavy atom. The number of nitrogens with one attached hydrogen (secondary N) is 1. The molecule has 1 aliphatic heterocycles. The Kier molecular flexibility index (Phi) is 4.94. The average molecular weight is 289 g/mol. The van der Waals surface area contributed by atoms with Crippen molar-refractivity contribution in [3.8, 4) is 0 Å². The number of rotatable bonds is 4. The van der Waals surface area contributed by atoms with Crippen LogP contribution in [0, 0.1) is 0 Å². The number of hydrogen-bond acceptors (Lipinski definition) is 3. The predicted molar refractivity (Wildman–Crippen MR) is 84.4 cm³/mol. The van der Waals surface area contributed by atoms with Gasteiger partial charge < -0.3 is 15.2 Å². The molecule has 2 atom stereocenters. The van der Waals surface area contributed by atoms with E-state index in [9.17, 15) is 5.11 Å². The number of benzene rings is 1. The zero-order valence-electron chi connectivity index (χ0n) is 12.8. The Labute approximate surface area is 127 Å². The van der Waals surface area contributed by atoms with E-state index in [-0.39, 0.29) is 0 Å². The summed E-state index contributed by atoms with van der Waals surface area (Å²) >= 11 is 0. The standard InChI is InChI=1S/C18H27NO2/c20-18(10-12-21-13-11-18)14-19-17-9-5-4-8-16(17)15-6-2-1-3-7-15/h1-3,6-7,16-17,19-20H,4-5,8-14H2/t16-,17-/m0/s1. The minimum absolute atomic E-state index is 0.494. The third-order valence-electron chi connectivity index (χ3n) is 5.11. The molecule has 0 spiro atoms. The summed E-state index contributed by atoms with van der Waals surface area (Å²) < 4.78 is 5.36. The van der Waals surface area contributed by atoms with Gasteiger partial charge in [-0.1, -0.05) is 43.2 Å². The molecule has 1 saturated carbocycles. The van der Waals surface area contributed by atoms with Crippen LogP contribution in [-0.2, 0) is 4.74 Å². The Morgan fingerprint density at radius 1 is 1.10 bits per heavy atom. The molecular formula is C18H27NO2. The second kappa shape index (κ2) is 6.91. The van der Waals surface area contributed by atoms with Crippen LogP contribution in [-0.4, -0.2) is 36.5 Å². The van der Waals surface area contributed by atoms with Gasteiger partial charge in [0.15, 0.2) is 0 Å². The lowest BCUT2D eigenvalue weighted by molar-refractivity contribution is -0.0634. The SMILES string of the molecule is OC1(CN[C@H]2CCCC[C@H]2c2ccccc2)CCOCC1. The molecule has 3 heteroatoms. The van der Waals surface area contributed by atoms with Crippen molar-refractivity contribution in [3.05, 3.63) is 35.9 Å². The van der Waals surface area contributed by atoms with Crippen LogP contribution in [0.1, 0.15) is 50.0 Å². The molecule has 0 aromatic heterocycles.